The summed E-state index contributed by atoms with van der Waals surface area (Å²) in [5.74, 6) is -0.0142. The first kappa shape index (κ1) is 10.9. The van der Waals surface area contributed by atoms with E-state index in [1.165, 1.54) is 6.92 Å². The zero-order chi connectivity index (χ0) is 9.12. The van der Waals surface area contributed by atoms with Crippen LogP contribution in [0.4, 0.5) is 0 Å². The lowest BCUT2D eigenvalue weighted by molar-refractivity contribution is 0.585. The maximum atomic E-state index is 11.2. The SMILES string of the molecule is CC[C@@](Br)(C#N)S(=O)(=O)CC. The molecule has 0 unspecified atom stereocenters. The molecule has 0 aliphatic heterocycles. The molecule has 0 aromatic carbocycles. The molecule has 0 rings (SSSR count). The van der Waals surface area contributed by atoms with Crippen molar-refractivity contribution in [2.75, 3.05) is 5.75 Å². The van der Waals surface area contributed by atoms with Crippen LogP contribution in [0, 0.1) is 11.3 Å². The number of alkyl halides is 1. The van der Waals surface area contributed by atoms with Crippen LogP contribution in [0.2, 0.25) is 0 Å². The van der Waals surface area contributed by atoms with Gasteiger partial charge in [0, 0.05) is 5.75 Å². The van der Waals surface area contributed by atoms with Crippen molar-refractivity contribution in [3.63, 3.8) is 0 Å². The fourth-order valence-corrected chi connectivity index (χ4v) is 2.32. The fraction of sp³-hybridized carbons (Fsp3) is 0.833. The molecule has 64 valence electrons. The first-order valence-electron chi connectivity index (χ1n) is 3.26. The molecule has 0 aliphatic rings. The Kier molecular flexibility index (Phi) is 3.52. The monoisotopic (exact) mass is 239 g/mol. The Balaban J connectivity index is 4.99. The second-order valence-corrected chi connectivity index (χ2v) is 6.48. The summed E-state index contributed by atoms with van der Waals surface area (Å²) in [6.45, 7) is 3.18. The highest BCUT2D eigenvalue weighted by Crippen LogP contribution is 2.28. The molecule has 0 saturated carbocycles. The summed E-state index contributed by atoms with van der Waals surface area (Å²) in [5.41, 5.74) is 0. The number of nitriles is 1. The van der Waals surface area contributed by atoms with Gasteiger partial charge in [0.2, 0.25) is 3.66 Å². The van der Waals surface area contributed by atoms with Crippen LogP contribution < -0.4 is 0 Å². The minimum Gasteiger partial charge on any atom is -0.226 e. The molecule has 0 fully saturated rings. The molecule has 3 nitrogen and oxygen atoms in total. The smallest absolute Gasteiger partial charge is 0.211 e. The summed E-state index contributed by atoms with van der Waals surface area (Å²) >= 11 is 2.92. The average molecular weight is 240 g/mol. The Labute approximate surface area is 75.4 Å². The topological polar surface area (TPSA) is 57.9 Å². The maximum absolute atomic E-state index is 11.2. The van der Waals surface area contributed by atoms with Crippen LogP contribution >= 0.6 is 15.9 Å². The molecule has 0 aromatic heterocycles. The molecule has 0 amide bonds. The summed E-state index contributed by atoms with van der Waals surface area (Å²) in [7, 11) is -3.30. The number of nitrogens with zero attached hydrogens (tertiary/aromatic N) is 1. The van der Waals surface area contributed by atoms with Gasteiger partial charge in [-0.1, -0.05) is 29.8 Å². The van der Waals surface area contributed by atoms with E-state index in [4.69, 9.17) is 5.26 Å². The second-order valence-electron chi connectivity index (χ2n) is 2.10. The molecule has 11 heavy (non-hydrogen) atoms. The standard InChI is InChI=1S/C6H10BrNO2S/c1-3-6(7,5-8)11(9,10)4-2/h3-4H2,1-2H3/t6-/m0/s1. The lowest BCUT2D eigenvalue weighted by Crippen LogP contribution is -2.30. The number of halogens is 1. The Bertz CT molecular complexity index is 267. The molecule has 0 heterocycles. The van der Waals surface area contributed by atoms with E-state index < -0.39 is 13.5 Å². The number of hydrogen-bond donors (Lipinski definition) is 0. The first-order chi connectivity index (χ1) is 4.93. The van der Waals surface area contributed by atoms with Crippen molar-refractivity contribution in [2.45, 2.75) is 23.9 Å². The highest BCUT2D eigenvalue weighted by atomic mass is 79.9. The van der Waals surface area contributed by atoms with E-state index in [0.29, 0.717) is 0 Å². The Morgan fingerprint density at radius 2 is 2.00 bits per heavy atom. The summed E-state index contributed by atoms with van der Waals surface area (Å²) in [6.07, 6.45) is 0.264. The van der Waals surface area contributed by atoms with Gasteiger partial charge in [-0.2, -0.15) is 5.26 Å². The first-order valence-corrected chi connectivity index (χ1v) is 5.70. The molecule has 0 saturated heterocycles. The van der Waals surface area contributed by atoms with Crippen molar-refractivity contribution in [3.05, 3.63) is 0 Å². The normalized spacial score (nSPS) is 16.9. The third kappa shape index (κ3) is 1.94. The average Bonchev–Trinajstić information content (AvgIpc) is 2.02. The summed E-state index contributed by atoms with van der Waals surface area (Å²) in [6, 6.07) is 1.75. The van der Waals surface area contributed by atoms with Crippen LogP contribution in [0.3, 0.4) is 0 Å². The third-order valence-electron chi connectivity index (χ3n) is 1.49. The molecule has 0 N–H and O–H groups in total. The Morgan fingerprint density at radius 3 is 2.09 bits per heavy atom. The zero-order valence-corrected chi connectivity index (χ0v) is 8.87. The minimum absolute atomic E-state index is 0.0142. The summed E-state index contributed by atoms with van der Waals surface area (Å²) < 4.78 is 21.0. The summed E-state index contributed by atoms with van der Waals surface area (Å²) in [4.78, 5) is 0. The summed E-state index contributed by atoms with van der Waals surface area (Å²) in [5, 5.41) is 8.58. The largest absolute Gasteiger partial charge is 0.226 e. The number of sulfone groups is 1. The van der Waals surface area contributed by atoms with E-state index >= 15 is 0 Å². The van der Waals surface area contributed by atoms with Crippen LogP contribution in [-0.4, -0.2) is 17.8 Å². The van der Waals surface area contributed by atoms with Crippen molar-refractivity contribution in [1.29, 1.82) is 5.26 Å². The van der Waals surface area contributed by atoms with Crippen molar-refractivity contribution >= 4 is 25.8 Å². The van der Waals surface area contributed by atoms with Crippen LogP contribution in [0.25, 0.3) is 0 Å². The van der Waals surface area contributed by atoms with Gasteiger partial charge in [-0.15, -0.1) is 0 Å². The molecule has 1 atom stereocenters. The molecule has 5 heteroatoms. The van der Waals surface area contributed by atoms with Crippen LogP contribution in [0.15, 0.2) is 0 Å². The van der Waals surface area contributed by atoms with E-state index in [1.807, 2.05) is 0 Å². The van der Waals surface area contributed by atoms with Gasteiger partial charge in [-0.05, 0) is 6.42 Å². The van der Waals surface area contributed by atoms with E-state index in [2.05, 4.69) is 15.9 Å². The number of hydrogen-bond acceptors (Lipinski definition) is 3. The van der Waals surface area contributed by atoms with Gasteiger partial charge < -0.3 is 0 Å². The van der Waals surface area contributed by atoms with Gasteiger partial charge >= 0.3 is 0 Å². The molecular weight excluding hydrogens is 230 g/mol. The van der Waals surface area contributed by atoms with Crippen LogP contribution in [-0.2, 0) is 9.84 Å². The Hall–Kier alpha value is -0.0800. The van der Waals surface area contributed by atoms with Crippen LogP contribution in [0.1, 0.15) is 20.3 Å². The van der Waals surface area contributed by atoms with E-state index in [1.54, 1.807) is 13.0 Å². The van der Waals surface area contributed by atoms with Crippen molar-refractivity contribution in [2.24, 2.45) is 0 Å². The number of rotatable bonds is 3. The van der Waals surface area contributed by atoms with Gasteiger partial charge in [0.05, 0.1) is 6.07 Å². The third-order valence-corrected chi connectivity index (χ3v) is 5.84. The van der Waals surface area contributed by atoms with Gasteiger partial charge in [-0.3, -0.25) is 0 Å². The molecule has 0 spiro atoms. The molecule has 0 aromatic rings. The molecular formula is C6H10BrNO2S. The lowest BCUT2D eigenvalue weighted by Gasteiger charge is -2.15. The van der Waals surface area contributed by atoms with E-state index in [9.17, 15) is 8.42 Å². The predicted molar refractivity (Wildman–Crippen MR) is 47.0 cm³/mol. The van der Waals surface area contributed by atoms with Crippen molar-refractivity contribution < 1.29 is 8.42 Å². The molecule has 0 bridgehead atoms. The van der Waals surface area contributed by atoms with E-state index in [0.717, 1.165) is 0 Å². The predicted octanol–water partition coefficient (Wildman–Crippen LogP) is 1.45. The van der Waals surface area contributed by atoms with Gasteiger partial charge in [0.15, 0.2) is 9.84 Å². The maximum Gasteiger partial charge on any atom is 0.211 e. The van der Waals surface area contributed by atoms with Crippen molar-refractivity contribution in [1.82, 2.24) is 0 Å². The van der Waals surface area contributed by atoms with Gasteiger partial charge in [0.25, 0.3) is 0 Å². The van der Waals surface area contributed by atoms with Gasteiger partial charge in [-0.25, -0.2) is 8.42 Å². The molecule has 0 aliphatic carbocycles. The quantitative estimate of drug-likeness (QED) is 0.701. The fourth-order valence-electron chi connectivity index (χ4n) is 0.597. The lowest BCUT2D eigenvalue weighted by atomic mass is 10.4. The van der Waals surface area contributed by atoms with Crippen LogP contribution in [0.5, 0.6) is 0 Å². The highest BCUT2D eigenvalue weighted by Gasteiger charge is 2.38. The highest BCUT2D eigenvalue weighted by molar-refractivity contribution is 9.11. The minimum atomic E-state index is -3.30. The second kappa shape index (κ2) is 3.55. The van der Waals surface area contributed by atoms with Crippen molar-refractivity contribution in [3.8, 4) is 6.07 Å². The zero-order valence-electron chi connectivity index (χ0n) is 6.46. The van der Waals surface area contributed by atoms with E-state index in [-0.39, 0.29) is 12.2 Å². The van der Waals surface area contributed by atoms with Gasteiger partial charge in [0.1, 0.15) is 0 Å². The Morgan fingerprint density at radius 1 is 1.55 bits per heavy atom. The molecule has 0 radical (unpaired) electrons.